The Morgan fingerprint density at radius 3 is 2.64 bits per heavy atom. The van der Waals surface area contributed by atoms with Gasteiger partial charge in [-0.1, -0.05) is 37.3 Å². The molecule has 1 fully saturated rings. The van der Waals surface area contributed by atoms with E-state index in [0.29, 0.717) is 0 Å². The summed E-state index contributed by atoms with van der Waals surface area (Å²) in [5.74, 6) is 2.68. The molecule has 1 aliphatic carbocycles. The molecule has 33 heavy (non-hydrogen) atoms. The molecule has 1 atom stereocenters. The Labute approximate surface area is 199 Å². The lowest BCUT2D eigenvalue weighted by Gasteiger charge is -2.36. The molecular weight excluding hydrogens is 426 g/mol. The summed E-state index contributed by atoms with van der Waals surface area (Å²) in [6.45, 7) is 7.46. The Hall–Kier alpha value is -2.83. The molecule has 4 heterocycles. The molecule has 4 aromatic rings. The number of aromatic nitrogens is 3. The maximum atomic E-state index is 5.17. The highest BCUT2D eigenvalue weighted by atomic mass is 32.1. The number of fused-ring (bicyclic) bond motifs is 3. The van der Waals surface area contributed by atoms with Crippen molar-refractivity contribution in [3.05, 3.63) is 70.9 Å². The number of benzene rings is 1. The summed E-state index contributed by atoms with van der Waals surface area (Å²) < 4.78 is 0. The molecule has 0 radical (unpaired) electrons. The van der Waals surface area contributed by atoms with Crippen molar-refractivity contribution in [1.82, 2.24) is 19.9 Å². The Bertz CT molecular complexity index is 1250. The lowest BCUT2D eigenvalue weighted by atomic mass is 9.89. The molecule has 1 aliphatic heterocycles. The molecule has 0 bridgehead atoms. The summed E-state index contributed by atoms with van der Waals surface area (Å²) in [5.41, 5.74) is 3.88. The molecule has 1 unspecified atom stereocenters. The van der Waals surface area contributed by atoms with Gasteiger partial charge in [0.25, 0.3) is 0 Å². The van der Waals surface area contributed by atoms with Crippen LogP contribution in [0.2, 0.25) is 0 Å². The van der Waals surface area contributed by atoms with Gasteiger partial charge in [0.15, 0.2) is 5.82 Å². The Morgan fingerprint density at radius 1 is 1.00 bits per heavy atom. The second-order valence-electron chi connectivity index (χ2n) is 9.39. The smallest absolute Gasteiger partial charge is 0.164 e. The molecule has 168 valence electrons. The summed E-state index contributed by atoms with van der Waals surface area (Å²) in [6, 6.07) is 14.8. The zero-order valence-electron chi connectivity index (χ0n) is 19.1. The van der Waals surface area contributed by atoms with Crippen molar-refractivity contribution in [3.8, 4) is 11.4 Å². The first-order chi connectivity index (χ1) is 16.2. The van der Waals surface area contributed by atoms with Crippen LogP contribution in [0.15, 0.2) is 54.9 Å². The molecule has 0 saturated carbocycles. The van der Waals surface area contributed by atoms with E-state index < -0.39 is 0 Å². The highest BCUT2D eigenvalue weighted by Crippen LogP contribution is 2.42. The second-order valence-corrected chi connectivity index (χ2v) is 10.5. The third-order valence-electron chi connectivity index (χ3n) is 6.98. The van der Waals surface area contributed by atoms with Crippen LogP contribution in [0, 0.1) is 5.92 Å². The highest BCUT2D eigenvalue weighted by Gasteiger charge is 2.27. The summed E-state index contributed by atoms with van der Waals surface area (Å²) >= 11 is 1.88. The van der Waals surface area contributed by atoms with Crippen LogP contribution in [0.25, 0.3) is 21.6 Å². The lowest BCUT2D eigenvalue weighted by molar-refractivity contribution is 0.249. The third kappa shape index (κ3) is 4.13. The number of pyridine rings is 1. The predicted molar refractivity (Wildman–Crippen MR) is 136 cm³/mol. The van der Waals surface area contributed by atoms with E-state index in [1.54, 1.807) is 6.20 Å². The van der Waals surface area contributed by atoms with E-state index in [9.17, 15) is 0 Å². The Kier molecular flexibility index (Phi) is 5.56. The van der Waals surface area contributed by atoms with Crippen molar-refractivity contribution in [3.63, 3.8) is 0 Å². The number of piperazine rings is 1. The minimum absolute atomic E-state index is 0.751. The number of hydrogen-bond acceptors (Lipinski definition) is 6. The van der Waals surface area contributed by atoms with Crippen LogP contribution in [-0.4, -0.2) is 46.0 Å². The van der Waals surface area contributed by atoms with Gasteiger partial charge >= 0.3 is 0 Å². The third-order valence-corrected chi connectivity index (χ3v) is 8.12. The van der Waals surface area contributed by atoms with E-state index in [2.05, 4.69) is 58.1 Å². The van der Waals surface area contributed by atoms with Crippen LogP contribution in [0.5, 0.6) is 0 Å². The SMILES string of the molecule is CC1CCc2c(sc3nc(-c4cccnc4)nc(N4CCN(Cc5ccccc5)CC4)c23)C1. The normalized spacial score (nSPS) is 19.1. The van der Waals surface area contributed by atoms with Crippen LogP contribution in [-0.2, 0) is 19.4 Å². The summed E-state index contributed by atoms with van der Waals surface area (Å²) in [7, 11) is 0. The van der Waals surface area contributed by atoms with Crippen LogP contribution in [0.4, 0.5) is 5.82 Å². The first kappa shape index (κ1) is 20.8. The maximum absolute atomic E-state index is 5.17. The van der Waals surface area contributed by atoms with Gasteiger partial charge in [0.2, 0.25) is 0 Å². The molecule has 6 rings (SSSR count). The monoisotopic (exact) mass is 455 g/mol. The molecule has 2 aliphatic rings. The second kappa shape index (κ2) is 8.84. The van der Waals surface area contributed by atoms with E-state index >= 15 is 0 Å². The molecule has 0 N–H and O–H groups in total. The van der Waals surface area contributed by atoms with Crippen molar-refractivity contribution in [1.29, 1.82) is 0 Å². The van der Waals surface area contributed by atoms with Crippen molar-refractivity contribution in [2.45, 2.75) is 32.7 Å². The molecule has 5 nitrogen and oxygen atoms in total. The van der Waals surface area contributed by atoms with Crippen molar-refractivity contribution in [2.75, 3.05) is 31.1 Å². The summed E-state index contributed by atoms with van der Waals surface area (Å²) in [6.07, 6.45) is 7.25. The summed E-state index contributed by atoms with van der Waals surface area (Å²) in [5, 5.41) is 1.31. The van der Waals surface area contributed by atoms with Gasteiger partial charge in [-0.2, -0.15) is 0 Å². The maximum Gasteiger partial charge on any atom is 0.164 e. The van der Waals surface area contributed by atoms with Gasteiger partial charge in [-0.05, 0) is 48.4 Å². The lowest BCUT2D eigenvalue weighted by Crippen LogP contribution is -2.46. The standard InChI is InChI=1S/C27H29N5S/c1-19-9-10-22-23(16-19)33-27-24(22)26(29-25(30-27)21-8-5-11-28-17-21)32-14-12-31(13-15-32)18-20-6-3-2-4-7-20/h2-8,11,17,19H,9-10,12-16,18H2,1H3. The summed E-state index contributed by atoms with van der Waals surface area (Å²) in [4.78, 5) is 22.2. The van der Waals surface area contributed by atoms with Crippen LogP contribution in [0.3, 0.4) is 0 Å². The zero-order chi connectivity index (χ0) is 22.2. The van der Waals surface area contributed by atoms with Crippen molar-refractivity contribution in [2.24, 2.45) is 5.92 Å². The largest absolute Gasteiger partial charge is 0.353 e. The van der Waals surface area contributed by atoms with Crippen LogP contribution in [0.1, 0.15) is 29.3 Å². The minimum atomic E-state index is 0.751. The quantitative estimate of drug-likeness (QED) is 0.423. The average molecular weight is 456 g/mol. The Balaban J connectivity index is 1.34. The average Bonchev–Trinajstić information content (AvgIpc) is 3.22. The minimum Gasteiger partial charge on any atom is -0.353 e. The number of aryl methyl sites for hydroxylation is 1. The predicted octanol–water partition coefficient (Wildman–Crippen LogP) is 5.20. The molecule has 0 amide bonds. The number of thiophene rings is 1. The number of hydrogen-bond donors (Lipinski definition) is 0. The first-order valence-electron chi connectivity index (χ1n) is 12.0. The van der Waals surface area contributed by atoms with Crippen molar-refractivity contribution >= 4 is 27.4 Å². The Morgan fingerprint density at radius 2 is 1.85 bits per heavy atom. The van der Waals surface area contributed by atoms with Gasteiger partial charge in [0, 0.05) is 55.6 Å². The van der Waals surface area contributed by atoms with E-state index in [-0.39, 0.29) is 0 Å². The molecular formula is C27H29N5S. The number of anilines is 1. The molecule has 3 aromatic heterocycles. The number of nitrogens with zero attached hydrogens (tertiary/aromatic N) is 5. The van der Waals surface area contributed by atoms with Gasteiger partial charge in [0.05, 0.1) is 5.39 Å². The van der Waals surface area contributed by atoms with Gasteiger partial charge < -0.3 is 4.90 Å². The van der Waals surface area contributed by atoms with E-state index in [0.717, 1.165) is 67.1 Å². The van der Waals surface area contributed by atoms with E-state index in [4.69, 9.17) is 9.97 Å². The zero-order valence-corrected chi connectivity index (χ0v) is 19.9. The number of rotatable bonds is 4. The van der Waals surface area contributed by atoms with Crippen LogP contribution >= 0.6 is 11.3 Å². The fourth-order valence-electron chi connectivity index (χ4n) is 5.14. The highest BCUT2D eigenvalue weighted by molar-refractivity contribution is 7.19. The first-order valence-corrected chi connectivity index (χ1v) is 12.8. The van der Waals surface area contributed by atoms with E-state index in [1.807, 2.05) is 23.6 Å². The molecule has 6 heteroatoms. The molecule has 1 aromatic carbocycles. The van der Waals surface area contributed by atoms with Gasteiger partial charge in [0.1, 0.15) is 10.6 Å². The van der Waals surface area contributed by atoms with Gasteiger partial charge in [-0.25, -0.2) is 9.97 Å². The molecule has 0 spiro atoms. The van der Waals surface area contributed by atoms with Crippen LogP contribution < -0.4 is 4.90 Å². The van der Waals surface area contributed by atoms with Crippen molar-refractivity contribution < 1.29 is 0 Å². The fourth-order valence-corrected chi connectivity index (χ4v) is 6.51. The van der Waals surface area contributed by atoms with Gasteiger partial charge in [-0.3, -0.25) is 9.88 Å². The topological polar surface area (TPSA) is 45.2 Å². The van der Waals surface area contributed by atoms with E-state index in [1.165, 1.54) is 34.2 Å². The molecule has 1 saturated heterocycles. The van der Waals surface area contributed by atoms with Gasteiger partial charge in [-0.15, -0.1) is 11.3 Å². The fraction of sp³-hybridized carbons (Fsp3) is 0.370.